The molecule has 5 nitrogen and oxygen atoms in total. The molecule has 1 aromatic heterocycles. The van der Waals surface area contributed by atoms with Crippen LogP contribution in [0.3, 0.4) is 0 Å². The Bertz CT molecular complexity index is 872. The Labute approximate surface area is 147 Å². The molecule has 25 heavy (non-hydrogen) atoms. The van der Waals surface area contributed by atoms with Gasteiger partial charge in [-0.15, -0.1) is 0 Å². The van der Waals surface area contributed by atoms with Gasteiger partial charge in [-0.05, 0) is 30.4 Å². The van der Waals surface area contributed by atoms with Gasteiger partial charge in [0.25, 0.3) is 0 Å². The maximum Gasteiger partial charge on any atom is 0.235 e. The van der Waals surface area contributed by atoms with Gasteiger partial charge in [-0.25, -0.2) is 9.97 Å². The van der Waals surface area contributed by atoms with Gasteiger partial charge in [0.05, 0.1) is 41.1 Å². The Morgan fingerprint density at radius 3 is 2.56 bits per heavy atom. The van der Waals surface area contributed by atoms with Crippen LogP contribution in [0, 0.1) is 5.41 Å². The van der Waals surface area contributed by atoms with E-state index in [0.717, 1.165) is 35.3 Å². The van der Waals surface area contributed by atoms with E-state index >= 15 is 0 Å². The Kier molecular flexibility index (Phi) is 3.06. The van der Waals surface area contributed by atoms with Crippen molar-refractivity contribution < 1.29 is 9.53 Å². The predicted octanol–water partition coefficient (Wildman–Crippen LogP) is 2.64. The van der Waals surface area contributed by atoms with Crippen molar-refractivity contribution >= 4 is 16.9 Å². The van der Waals surface area contributed by atoms with E-state index in [1.165, 1.54) is 0 Å². The molecular formula is C20H23N3O2. The lowest BCUT2D eigenvalue weighted by molar-refractivity contribution is -0.145. The second-order valence-corrected chi connectivity index (χ2v) is 8.07. The summed E-state index contributed by atoms with van der Waals surface area (Å²) in [5.74, 6) is 0.538. The van der Waals surface area contributed by atoms with Gasteiger partial charge in [-0.1, -0.05) is 26.0 Å². The summed E-state index contributed by atoms with van der Waals surface area (Å²) in [4.78, 5) is 25.6. The first-order chi connectivity index (χ1) is 12.1. The third kappa shape index (κ3) is 1.79. The van der Waals surface area contributed by atoms with Gasteiger partial charge in [0.1, 0.15) is 0 Å². The van der Waals surface area contributed by atoms with E-state index in [2.05, 4.69) is 13.8 Å². The standard InChI is InChI=1S/C20H23N3O2/c1-19(2)13-7-8-20(19,18(24)23-9-11-25-12-10-23)17-16(13)21-14-5-3-4-6-15(14)22-17/h3-6,13H,7-12H2,1-2H3. The zero-order valence-corrected chi connectivity index (χ0v) is 14.8. The van der Waals surface area contributed by atoms with Crippen LogP contribution >= 0.6 is 0 Å². The third-order valence-electron chi connectivity index (χ3n) is 6.77. The van der Waals surface area contributed by atoms with Crippen LogP contribution in [-0.4, -0.2) is 47.1 Å². The van der Waals surface area contributed by atoms with E-state index in [9.17, 15) is 4.79 Å². The van der Waals surface area contributed by atoms with Gasteiger partial charge in [0, 0.05) is 19.0 Å². The molecule has 5 heteroatoms. The van der Waals surface area contributed by atoms with Gasteiger partial charge in [0.2, 0.25) is 5.91 Å². The molecule has 130 valence electrons. The van der Waals surface area contributed by atoms with E-state index in [4.69, 9.17) is 14.7 Å². The fourth-order valence-corrected chi connectivity index (χ4v) is 5.33. The van der Waals surface area contributed by atoms with Gasteiger partial charge < -0.3 is 9.64 Å². The fourth-order valence-electron chi connectivity index (χ4n) is 5.33. The highest BCUT2D eigenvalue weighted by atomic mass is 16.5. The number of rotatable bonds is 1. The molecule has 1 saturated carbocycles. The summed E-state index contributed by atoms with van der Waals surface area (Å²) in [6.07, 6.45) is 1.89. The molecule has 1 amide bonds. The van der Waals surface area contributed by atoms with E-state index in [1.54, 1.807) is 0 Å². The molecule has 2 bridgehead atoms. The highest BCUT2D eigenvalue weighted by molar-refractivity contribution is 5.92. The quantitative estimate of drug-likeness (QED) is 0.803. The molecule has 1 saturated heterocycles. The number of hydrogen-bond acceptors (Lipinski definition) is 4. The van der Waals surface area contributed by atoms with Crippen LogP contribution in [0.2, 0.25) is 0 Å². The van der Waals surface area contributed by atoms with Gasteiger partial charge in [0.15, 0.2) is 0 Å². The number of carbonyl (C=O) groups excluding carboxylic acids is 1. The topological polar surface area (TPSA) is 55.3 Å². The van der Waals surface area contributed by atoms with Crippen LogP contribution in [0.5, 0.6) is 0 Å². The first-order valence-corrected chi connectivity index (χ1v) is 9.20. The zero-order chi connectivity index (χ0) is 17.2. The molecule has 5 rings (SSSR count). The number of benzene rings is 1. The minimum Gasteiger partial charge on any atom is -0.378 e. The van der Waals surface area contributed by atoms with Crippen LogP contribution in [0.4, 0.5) is 0 Å². The summed E-state index contributed by atoms with van der Waals surface area (Å²) in [5, 5.41) is 0. The summed E-state index contributed by atoms with van der Waals surface area (Å²) < 4.78 is 5.45. The molecule has 1 aromatic carbocycles. The number of para-hydroxylation sites is 2. The molecule has 0 spiro atoms. The Morgan fingerprint density at radius 1 is 1.16 bits per heavy atom. The SMILES string of the molecule is CC1(C)C2CCC1(C(=O)N1CCOCC1)c1nc3ccccc3nc12. The number of ether oxygens (including phenoxy) is 1. The van der Waals surface area contributed by atoms with Crippen molar-refractivity contribution in [3.8, 4) is 0 Å². The third-order valence-corrected chi connectivity index (χ3v) is 6.77. The predicted molar refractivity (Wildman–Crippen MR) is 94.4 cm³/mol. The molecule has 2 unspecified atom stereocenters. The number of carbonyl (C=O) groups is 1. The Balaban J connectivity index is 1.71. The summed E-state index contributed by atoms with van der Waals surface area (Å²) in [6.45, 7) is 7.08. The summed E-state index contributed by atoms with van der Waals surface area (Å²) >= 11 is 0. The Hall–Kier alpha value is -2.01. The first-order valence-electron chi connectivity index (χ1n) is 9.20. The van der Waals surface area contributed by atoms with Crippen LogP contribution in [-0.2, 0) is 14.9 Å². The smallest absolute Gasteiger partial charge is 0.235 e. The molecule has 2 heterocycles. The summed E-state index contributed by atoms with van der Waals surface area (Å²) in [7, 11) is 0. The van der Waals surface area contributed by atoms with Crippen LogP contribution < -0.4 is 0 Å². The lowest BCUT2D eigenvalue weighted by atomic mass is 9.67. The van der Waals surface area contributed by atoms with Gasteiger partial charge in [-0.2, -0.15) is 0 Å². The number of fused-ring (bicyclic) bond motifs is 6. The lowest BCUT2D eigenvalue weighted by Crippen LogP contribution is -2.54. The average Bonchev–Trinajstić information content (AvgIpc) is 3.01. The molecule has 2 atom stereocenters. The molecule has 0 N–H and O–H groups in total. The van der Waals surface area contributed by atoms with Crippen molar-refractivity contribution in [2.24, 2.45) is 5.41 Å². The van der Waals surface area contributed by atoms with Crippen LogP contribution in [0.15, 0.2) is 24.3 Å². The Morgan fingerprint density at radius 2 is 1.84 bits per heavy atom. The molecular weight excluding hydrogens is 314 g/mol. The van der Waals surface area contributed by atoms with Gasteiger partial charge >= 0.3 is 0 Å². The largest absolute Gasteiger partial charge is 0.378 e. The molecule has 2 aliphatic carbocycles. The second-order valence-electron chi connectivity index (χ2n) is 8.07. The van der Waals surface area contributed by atoms with E-state index < -0.39 is 5.41 Å². The van der Waals surface area contributed by atoms with E-state index in [0.29, 0.717) is 32.2 Å². The molecule has 3 aliphatic rings. The number of morpholine rings is 1. The second kappa shape index (κ2) is 5.01. The number of hydrogen-bond donors (Lipinski definition) is 0. The van der Waals surface area contributed by atoms with Crippen molar-refractivity contribution in [2.45, 2.75) is 38.0 Å². The molecule has 2 aromatic rings. The average molecular weight is 337 g/mol. The maximum absolute atomic E-state index is 13.7. The molecule has 0 radical (unpaired) electrons. The maximum atomic E-state index is 13.7. The number of amides is 1. The lowest BCUT2D eigenvalue weighted by Gasteiger charge is -2.41. The monoisotopic (exact) mass is 337 g/mol. The number of nitrogens with zero attached hydrogens (tertiary/aromatic N) is 3. The van der Waals surface area contributed by atoms with Crippen molar-refractivity contribution in [2.75, 3.05) is 26.3 Å². The van der Waals surface area contributed by atoms with Crippen LogP contribution in [0.1, 0.15) is 44.0 Å². The molecule has 1 aliphatic heterocycles. The summed E-state index contributed by atoms with van der Waals surface area (Å²) in [5.41, 5.74) is 3.11. The molecule has 2 fully saturated rings. The highest BCUT2D eigenvalue weighted by Gasteiger charge is 2.68. The number of aromatic nitrogens is 2. The van der Waals surface area contributed by atoms with E-state index in [-0.39, 0.29) is 11.3 Å². The van der Waals surface area contributed by atoms with E-state index in [1.807, 2.05) is 29.2 Å². The summed E-state index contributed by atoms with van der Waals surface area (Å²) in [6, 6.07) is 7.99. The zero-order valence-electron chi connectivity index (χ0n) is 14.8. The van der Waals surface area contributed by atoms with Gasteiger partial charge in [-0.3, -0.25) is 4.79 Å². The minimum absolute atomic E-state index is 0.151. The first kappa shape index (κ1) is 15.3. The minimum atomic E-state index is -0.540. The van der Waals surface area contributed by atoms with Crippen molar-refractivity contribution in [3.05, 3.63) is 35.7 Å². The van der Waals surface area contributed by atoms with Crippen molar-refractivity contribution in [1.29, 1.82) is 0 Å². The fraction of sp³-hybridized carbons (Fsp3) is 0.550. The van der Waals surface area contributed by atoms with Crippen molar-refractivity contribution in [1.82, 2.24) is 14.9 Å². The highest BCUT2D eigenvalue weighted by Crippen LogP contribution is 2.67. The van der Waals surface area contributed by atoms with Crippen molar-refractivity contribution in [3.63, 3.8) is 0 Å². The van der Waals surface area contributed by atoms with Crippen LogP contribution in [0.25, 0.3) is 11.0 Å². The normalized spacial score (nSPS) is 29.8.